The van der Waals surface area contributed by atoms with Gasteiger partial charge in [-0.1, -0.05) is 60.7 Å². The van der Waals surface area contributed by atoms with Crippen LogP contribution in [0, 0.1) is 3.57 Å². The van der Waals surface area contributed by atoms with Crippen molar-refractivity contribution in [3.05, 3.63) is 99.6 Å². The van der Waals surface area contributed by atoms with Crippen LogP contribution in [-0.2, 0) is 32.3 Å². The molecule has 0 radical (unpaired) electrons. The molecule has 0 spiro atoms. The van der Waals surface area contributed by atoms with Gasteiger partial charge in [-0.25, -0.2) is 9.59 Å². The third-order valence-electron chi connectivity index (χ3n) is 4.80. The van der Waals surface area contributed by atoms with Crippen molar-refractivity contribution in [3.63, 3.8) is 0 Å². The van der Waals surface area contributed by atoms with Crippen LogP contribution in [0.1, 0.15) is 24.0 Å². The molecular formula is C26H25IN2O5. The van der Waals surface area contributed by atoms with Crippen LogP contribution in [0.4, 0.5) is 10.5 Å². The van der Waals surface area contributed by atoms with Gasteiger partial charge in [0.15, 0.2) is 0 Å². The fraction of sp³-hybridized carbons (Fsp3) is 0.192. The second-order valence-corrected chi connectivity index (χ2v) is 8.69. The molecule has 8 heteroatoms. The number of ether oxygens (including phenoxy) is 2. The molecule has 0 aliphatic carbocycles. The highest BCUT2D eigenvalue weighted by Crippen LogP contribution is 2.13. The fourth-order valence-corrected chi connectivity index (χ4v) is 3.38. The zero-order chi connectivity index (χ0) is 24.2. The molecular weight excluding hydrogens is 547 g/mol. The number of carbonyl (C=O) groups is 3. The Morgan fingerprint density at radius 2 is 1.32 bits per heavy atom. The lowest BCUT2D eigenvalue weighted by molar-refractivity contribution is -0.147. The van der Waals surface area contributed by atoms with E-state index in [0.717, 1.165) is 14.7 Å². The summed E-state index contributed by atoms with van der Waals surface area (Å²) in [7, 11) is 0. The van der Waals surface area contributed by atoms with Gasteiger partial charge in [-0.15, -0.1) is 0 Å². The minimum absolute atomic E-state index is 0.00998. The number of amides is 2. The molecule has 34 heavy (non-hydrogen) atoms. The summed E-state index contributed by atoms with van der Waals surface area (Å²) in [6.07, 6.45) is -0.691. The van der Waals surface area contributed by atoms with Crippen molar-refractivity contribution in [1.29, 1.82) is 0 Å². The number of benzene rings is 3. The van der Waals surface area contributed by atoms with Crippen molar-refractivity contribution in [2.45, 2.75) is 32.1 Å². The van der Waals surface area contributed by atoms with Gasteiger partial charge in [0.1, 0.15) is 19.3 Å². The zero-order valence-electron chi connectivity index (χ0n) is 18.4. The van der Waals surface area contributed by atoms with Crippen LogP contribution in [0.5, 0.6) is 0 Å². The molecule has 3 aromatic carbocycles. The van der Waals surface area contributed by atoms with Crippen LogP contribution >= 0.6 is 22.6 Å². The molecule has 2 N–H and O–H groups in total. The lowest BCUT2D eigenvalue weighted by Gasteiger charge is -2.18. The molecule has 0 aliphatic rings. The molecule has 0 aliphatic heterocycles. The van der Waals surface area contributed by atoms with Crippen LogP contribution in [0.3, 0.4) is 0 Å². The highest BCUT2D eigenvalue weighted by Gasteiger charge is 2.24. The SMILES string of the molecule is O=C(CC[C@H](NC(=O)OCc1ccccc1)C(=O)OCc1ccccc1)Nc1ccc(I)cc1. The van der Waals surface area contributed by atoms with Gasteiger partial charge in [-0.3, -0.25) is 4.79 Å². The maximum absolute atomic E-state index is 12.7. The van der Waals surface area contributed by atoms with Crippen molar-refractivity contribution in [2.75, 3.05) is 5.32 Å². The number of hydrogen-bond acceptors (Lipinski definition) is 5. The van der Waals surface area contributed by atoms with E-state index in [1.54, 1.807) is 12.1 Å². The summed E-state index contributed by atoms with van der Waals surface area (Å²) in [5.74, 6) is -0.913. The number of anilines is 1. The van der Waals surface area contributed by atoms with Crippen molar-refractivity contribution in [3.8, 4) is 0 Å². The van der Waals surface area contributed by atoms with Crippen molar-refractivity contribution < 1.29 is 23.9 Å². The van der Waals surface area contributed by atoms with E-state index in [1.807, 2.05) is 72.8 Å². The molecule has 1 atom stereocenters. The predicted molar refractivity (Wildman–Crippen MR) is 137 cm³/mol. The van der Waals surface area contributed by atoms with E-state index in [0.29, 0.717) is 5.69 Å². The summed E-state index contributed by atoms with van der Waals surface area (Å²) in [6.45, 7) is 0.123. The van der Waals surface area contributed by atoms with Crippen molar-refractivity contribution in [1.82, 2.24) is 5.32 Å². The first kappa shape index (κ1) is 25.2. The number of alkyl carbamates (subject to hydrolysis) is 1. The molecule has 176 valence electrons. The first-order chi connectivity index (χ1) is 16.5. The van der Waals surface area contributed by atoms with Crippen LogP contribution in [0.2, 0.25) is 0 Å². The Bertz CT molecular complexity index is 1080. The van der Waals surface area contributed by atoms with Gasteiger partial charge < -0.3 is 20.1 Å². The Hall–Kier alpha value is -3.40. The average molecular weight is 572 g/mol. The third-order valence-corrected chi connectivity index (χ3v) is 5.52. The van der Waals surface area contributed by atoms with Gasteiger partial charge in [-0.05, 0) is 64.4 Å². The number of rotatable bonds is 10. The first-order valence-corrected chi connectivity index (χ1v) is 11.8. The van der Waals surface area contributed by atoms with E-state index in [4.69, 9.17) is 9.47 Å². The molecule has 0 heterocycles. The van der Waals surface area contributed by atoms with E-state index >= 15 is 0 Å². The molecule has 0 aromatic heterocycles. The van der Waals surface area contributed by atoms with Gasteiger partial charge in [-0.2, -0.15) is 0 Å². The maximum atomic E-state index is 12.7. The fourth-order valence-electron chi connectivity index (χ4n) is 3.02. The van der Waals surface area contributed by atoms with E-state index in [-0.39, 0.29) is 32.0 Å². The molecule has 0 fully saturated rings. The number of hydrogen-bond donors (Lipinski definition) is 2. The number of halogens is 1. The standard InChI is InChI=1S/C26H25IN2O5/c27-21-11-13-22(14-12-21)28-24(30)16-15-23(25(31)33-17-19-7-3-1-4-8-19)29-26(32)34-18-20-9-5-2-6-10-20/h1-14,23H,15-18H2,(H,28,30)(H,29,32)/t23-/m0/s1. The number of carbonyl (C=O) groups excluding carboxylic acids is 3. The van der Waals surface area contributed by atoms with Crippen LogP contribution in [0.25, 0.3) is 0 Å². The van der Waals surface area contributed by atoms with Crippen LogP contribution in [0.15, 0.2) is 84.9 Å². The molecule has 7 nitrogen and oxygen atoms in total. The summed E-state index contributed by atoms with van der Waals surface area (Å²) >= 11 is 2.18. The van der Waals surface area contributed by atoms with Gasteiger partial charge in [0, 0.05) is 15.7 Å². The average Bonchev–Trinajstić information content (AvgIpc) is 2.86. The minimum atomic E-state index is -1.03. The second kappa shape index (κ2) is 13.3. The first-order valence-electron chi connectivity index (χ1n) is 10.7. The van der Waals surface area contributed by atoms with Crippen LogP contribution < -0.4 is 10.6 Å². The molecule has 0 unspecified atom stereocenters. The van der Waals surface area contributed by atoms with Crippen LogP contribution in [-0.4, -0.2) is 24.0 Å². The maximum Gasteiger partial charge on any atom is 0.408 e. The highest BCUT2D eigenvalue weighted by molar-refractivity contribution is 14.1. The Morgan fingerprint density at radius 3 is 1.91 bits per heavy atom. The number of esters is 1. The summed E-state index contributed by atoms with van der Waals surface area (Å²) in [6, 6.07) is 24.7. The Labute approximate surface area is 212 Å². The Kier molecular flexibility index (Phi) is 9.90. The van der Waals surface area contributed by atoms with E-state index < -0.39 is 18.1 Å². The van der Waals surface area contributed by atoms with Gasteiger partial charge in [0.25, 0.3) is 0 Å². The predicted octanol–water partition coefficient (Wildman–Crippen LogP) is 5.05. The van der Waals surface area contributed by atoms with E-state index in [1.165, 1.54) is 0 Å². The normalized spacial score (nSPS) is 11.2. The second-order valence-electron chi connectivity index (χ2n) is 7.45. The molecule has 0 saturated heterocycles. The molecule has 3 rings (SSSR count). The monoisotopic (exact) mass is 572 g/mol. The Balaban J connectivity index is 1.56. The molecule has 0 bridgehead atoms. The zero-order valence-corrected chi connectivity index (χ0v) is 20.6. The van der Waals surface area contributed by atoms with E-state index in [2.05, 4.69) is 33.2 Å². The minimum Gasteiger partial charge on any atom is -0.459 e. The highest BCUT2D eigenvalue weighted by atomic mass is 127. The van der Waals surface area contributed by atoms with E-state index in [9.17, 15) is 14.4 Å². The summed E-state index contributed by atoms with van der Waals surface area (Å²) < 4.78 is 11.7. The largest absolute Gasteiger partial charge is 0.459 e. The number of nitrogens with one attached hydrogen (secondary N) is 2. The third kappa shape index (κ3) is 8.86. The molecule has 3 aromatic rings. The summed E-state index contributed by atoms with van der Waals surface area (Å²) in [5, 5.41) is 5.32. The lowest BCUT2D eigenvalue weighted by Crippen LogP contribution is -2.42. The molecule has 2 amide bonds. The summed E-state index contributed by atoms with van der Waals surface area (Å²) in [5.41, 5.74) is 2.29. The Morgan fingerprint density at radius 1 is 0.765 bits per heavy atom. The van der Waals surface area contributed by atoms with Gasteiger partial charge in [0.2, 0.25) is 5.91 Å². The quantitative estimate of drug-likeness (QED) is 0.262. The van der Waals surface area contributed by atoms with Gasteiger partial charge >= 0.3 is 12.1 Å². The van der Waals surface area contributed by atoms with Gasteiger partial charge in [0.05, 0.1) is 0 Å². The van der Waals surface area contributed by atoms with Crippen molar-refractivity contribution >= 4 is 46.2 Å². The lowest BCUT2D eigenvalue weighted by atomic mass is 10.1. The van der Waals surface area contributed by atoms with Crippen molar-refractivity contribution in [2.24, 2.45) is 0 Å². The smallest absolute Gasteiger partial charge is 0.408 e. The molecule has 0 saturated carbocycles. The summed E-state index contributed by atoms with van der Waals surface area (Å²) in [4.78, 5) is 37.4. The topological polar surface area (TPSA) is 93.7 Å².